The predicted molar refractivity (Wildman–Crippen MR) is 124 cm³/mol. The first kappa shape index (κ1) is 22.0. The van der Waals surface area contributed by atoms with E-state index in [1.807, 2.05) is 40.0 Å². The monoisotopic (exact) mass is 423 g/mol. The molecule has 2 aliphatic rings. The van der Waals surface area contributed by atoms with Gasteiger partial charge in [0.2, 0.25) is 0 Å². The van der Waals surface area contributed by atoms with Gasteiger partial charge in [-0.15, -0.1) is 0 Å². The maximum absolute atomic E-state index is 13.2. The van der Waals surface area contributed by atoms with Crippen molar-refractivity contribution in [3.05, 3.63) is 53.9 Å². The first-order valence-corrected chi connectivity index (χ1v) is 11.9. The van der Waals surface area contributed by atoms with Crippen LogP contribution in [-0.4, -0.2) is 82.7 Å². The minimum absolute atomic E-state index is 0.155. The maximum Gasteiger partial charge on any atom is 0.253 e. The lowest BCUT2D eigenvalue weighted by molar-refractivity contribution is 0.0611. The number of benzene rings is 1. The Morgan fingerprint density at radius 1 is 1.10 bits per heavy atom. The first-order chi connectivity index (χ1) is 15.1. The molecular weight excluding hydrogens is 386 g/mol. The Bertz CT molecular complexity index is 820. The summed E-state index contributed by atoms with van der Waals surface area (Å²) < 4.78 is 1.89. The number of carbonyl (C=O) groups excluding carboxylic acids is 1. The molecule has 6 nitrogen and oxygen atoms in total. The lowest BCUT2D eigenvalue weighted by Crippen LogP contribution is -2.48. The molecular formula is C25H37N5O. The average Bonchev–Trinajstić information content (AvgIpc) is 3.31. The summed E-state index contributed by atoms with van der Waals surface area (Å²) in [5.41, 5.74) is 1.90. The van der Waals surface area contributed by atoms with Crippen LogP contribution < -0.4 is 0 Å². The summed E-state index contributed by atoms with van der Waals surface area (Å²) in [6.45, 7) is 9.24. The molecule has 2 aliphatic heterocycles. The number of nitrogens with zero attached hydrogens (tertiary/aromatic N) is 5. The van der Waals surface area contributed by atoms with Crippen LogP contribution in [0.15, 0.2) is 42.7 Å². The molecule has 31 heavy (non-hydrogen) atoms. The van der Waals surface area contributed by atoms with E-state index in [-0.39, 0.29) is 5.91 Å². The molecule has 1 aromatic heterocycles. The van der Waals surface area contributed by atoms with Crippen molar-refractivity contribution < 1.29 is 4.79 Å². The Morgan fingerprint density at radius 2 is 1.87 bits per heavy atom. The van der Waals surface area contributed by atoms with E-state index in [4.69, 9.17) is 0 Å². The molecule has 6 heteroatoms. The third-order valence-corrected chi connectivity index (χ3v) is 7.08. The van der Waals surface area contributed by atoms with E-state index in [9.17, 15) is 4.79 Å². The molecule has 1 amide bonds. The van der Waals surface area contributed by atoms with E-state index < -0.39 is 0 Å². The van der Waals surface area contributed by atoms with E-state index in [2.05, 4.69) is 34.9 Å². The Hall–Kier alpha value is -2.18. The zero-order chi connectivity index (χ0) is 21.6. The molecule has 3 heterocycles. The van der Waals surface area contributed by atoms with Crippen molar-refractivity contribution in [3.63, 3.8) is 0 Å². The third kappa shape index (κ3) is 5.74. The van der Waals surface area contributed by atoms with Crippen LogP contribution in [-0.2, 0) is 6.54 Å². The summed E-state index contributed by atoms with van der Waals surface area (Å²) in [5.74, 6) is 0.765. The van der Waals surface area contributed by atoms with Crippen molar-refractivity contribution in [1.82, 2.24) is 24.5 Å². The minimum Gasteiger partial charge on any atom is -0.339 e. The number of hydrogen-bond donors (Lipinski definition) is 0. The molecule has 0 N–H and O–H groups in total. The first-order valence-electron chi connectivity index (χ1n) is 11.9. The molecule has 0 radical (unpaired) electrons. The molecule has 168 valence electrons. The SMILES string of the molecule is CCN(CC1CCN(C2CCN(C)CC2)CC1)C(=O)c1cccc(Cn2cccn2)c1. The smallest absolute Gasteiger partial charge is 0.253 e. The molecule has 0 atom stereocenters. The van der Waals surface area contributed by atoms with Crippen LogP contribution in [0.1, 0.15) is 48.5 Å². The zero-order valence-electron chi connectivity index (χ0n) is 19.1. The van der Waals surface area contributed by atoms with Gasteiger partial charge in [-0.1, -0.05) is 12.1 Å². The molecule has 0 bridgehead atoms. The second-order valence-corrected chi connectivity index (χ2v) is 9.26. The number of hydrogen-bond acceptors (Lipinski definition) is 4. The highest BCUT2D eigenvalue weighted by molar-refractivity contribution is 5.94. The largest absolute Gasteiger partial charge is 0.339 e. The van der Waals surface area contributed by atoms with Gasteiger partial charge in [-0.25, -0.2) is 0 Å². The van der Waals surface area contributed by atoms with Crippen LogP contribution in [0.25, 0.3) is 0 Å². The van der Waals surface area contributed by atoms with Gasteiger partial charge in [0.15, 0.2) is 0 Å². The highest BCUT2D eigenvalue weighted by Crippen LogP contribution is 2.24. The van der Waals surface area contributed by atoms with Crippen LogP contribution >= 0.6 is 0 Å². The molecule has 2 aromatic rings. The summed E-state index contributed by atoms with van der Waals surface area (Å²) in [7, 11) is 2.23. The van der Waals surface area contributed by atoms with Crippen molar-refractivity contribution in [3.8, 4) is 0 Å². The van der Waals surface area contributed by atoms with E-state index in [0.29, 0.717) is 12.5 Å². The Kier molecular flexibility index (Phi) is 7.41. The van der Waals surface area contributed by atoms with E-state index >= 15 is 0 Å². The van der Waals surface area contributed by atoms with Gasteiger partial charge >= 0.3 is 0 Å². The van der Waals surface area contributed by atoms with Gasteiger partial charge in [-0.2, -0.15) is 5.10 Å². The number of piperidine rings is 2. The van der Waals surface area contributed by atoms with E-state index in [1.165, 1.54) is 51.9 Å². The van der Waals surface area contributed by atoms with Crippen molar-refractivity contribution >= 4 is 5.91 Å². The zero-order valence-corrected chi connectivity index (χ0v) is 19.1. The number of aromatic nitrogens is 2. The quantitative estimate of drug-likeness (QED) is 0.686. The van der Waals surface area contributed by atoms with Crippen LogP contribution in [0.5, 0.6) is 0 Å². The Labute approximate surface area is 186 Å². The summed E-state index contributed by atoms with van der Waals surface area (Å²) in [6, 6.07) is 10.7. The van der Waals surface area contributed by atoms with Crippen molar-refractivity contribution in [2.45, 2.75) is 45.2 Å². The summed E-state index contributed by atoms with van der Waals surface area (Å²) >= 11 is 0. The van der Waals surface area contributed by atoms with Crippen LogP contribution in [0.4, 0.5) is 0 Å². The van der Waals surface area contributed by atoms with E-state index in [0.717, 1.165) is 30.3 Å². The van der Waals surface area contributed by atoms with Gasteiger partial charge in [0.25, 0.3) is 5.91 Å². The van der Waals surface area contributed by atoms with Crippen molar-refractivity contribution in [2.75, 3.05) is 46.3 Å². The predicted octanol–water partition coefficient (Wildman–Crippen LogP) is 3.20. The molecule has 0 saturated carbocycles. The molecule has 2 fully saturated rings. The van der Waals surface area contributed by atoms with E-state index in [1.54, 1.807) is 6.20 Å². The number of likely N-dealkylation sites (tertiary alicyclic amines) is 2. The summed E-state index contributed by atoms with van der Waals surface area (Å²) in [4.78, 5) is 20.4. The number of rotatable bonds is 7. The Morgan fingerprint density at radius 3 is 2.55 bits per heavy atom. The van der Waals surface area contributed by atoms with Crippen molar-refractivity contribution in [2.24, 2.45) is 5.92 Å². The van der Waals surface area contributed by atoms with Gasteiger partial charge in [0, 0.05) is 37.1 Å². The van der Waals surface area contributed by atoms with Crippen LogP contribution in [0.2, 0.25) is 0 Å². The molecule has 2 saturated heterocycles. The average molecular weight is 424 g/mol. The van der Waals surface area contributed by atoms with Crippen LogP contribution in [0.3, 0.4) is 0 Å². The maximum atomic E-state index is 13.2. The van der Waals surface area contributed by atoms with Gasteiger partial charge in [0.1, 0.15) is 0 Å². The standard InChI is InChI=1S/C25H37N5O/c1-3-28(19-21-8-16-29(17-9-21)24-10-14-27(2)15-11-24)25(31)23-7-4-6-22(18-23)20-30-13-5-12-26-30/h4-7,12-13,18,21,24H,3,8-11,14-17,19-20H2,1-2H3. The van der Waals surface area contributed by atoms with Crippen LogP contribution in [0, 0.1) is 5.92 Å². The number of carbonyl (C=O) groups is 1. The minimum atomic E-state index is 0.155. The van der Waals surface area contributed by atoms with Gasteiger partial charge in [-0.3, -0.25) is 9.48 Å². The molecule has 0 spiro atoms. The molecule has 0 unspecified atom stereocenters. The second-order valence-electron chi connectivity index (χ2n) is 9.26. The fourth-order valence-electron chi connectivity index (χ4n) is 5.09. The third-order valence-electron chi connectivity index (χ3n) is 7.08. The fraction of sp³-hybridized carbons (Fsp3) is 0.600. The van der Waals surface area contributed by atoms with Gasteiger partial charge < -0.3 is 14.7 Å². The lowest BCUT2D eigenvalue weighted by atomic mass is 9.93. The topological polar surface area (TPSA) is 44.6 Å². The highest BCUT2D eigenvalue weighted by atomic mass is 16.2. The molecule has 4 rings (SSSR count). The van der Waals surface area contributed by atoms with Gasteiger partial charge in [-0.05, 0) is 95.5 Å². The fourth-order valence-corrected chi connectivity index (χ4v) is 5.09. The highest BCUT2D eigenvalue weighted by Gasteiger charge is 2.28. The lowest BCUT2D eigenvalue weighted by Gasteiger charge is -2.41. The van der Waals surface area contributed by atoms with Crippen molar-refractivity contribution in [1.29, 1.82) is 0 Å². The molecule has 1 aromatic carbocycles. The summed E-state index contributed by atoms with van der Waals surface area (Å²) in [5, 5.41) is 4.27. The second kappa shape index (κ2) is 10.4. The molecule has 0 aliphatic carbocycles. The Balaban J connectivity index is 1.30. The normalized spacial score (nSPS) is 19.5. The van der Waals surface area contributed by atoms with Gasteiger partial charge in [0.05, 0.1) is 6.54 Å². The number of amides is 1. The summed E-state index contributed by atoms with van der Waals surface area (Å²) in [6.07, 6.45) is 8.74.